The molecule has 2 fully saturated rings. The largest absolute Gasteiger partial charge is 0.489 e. The lowest BCUT2D eigenvalue weighted by Gasteiger charge is -2.33. The van der Waals surface area contributed by atoms with Crippen LogP contribution in [0.15, 0.2) is 72.8 Å². The molecule has 2 unspecified atom stereocenters. The number of carbonyl (C=O) groups is 3. The van der Waals surface area contributed by atoms with Gasteiger partial charge in [0.1, 0.15) is 18.4 Å². The normalized spacial score (nSPS) is 21.3. The van der Waals surface area contributed by atoms with Crippen LogP contribution in [0.4, 0.5) is 0 Å². The predicted molar refractivity (Wildman–Crippen MR) is 148 cm³/mol. The first kappa shape index (κ1) is 26.2. The highest BCUT2D eigenvalue weighted by molar-refractivity contribution is 6.06. The fourth-order valence-corrected chi connectivity index (χ4v) is 5.77. The molecule has 0 bridgehead atoms. The number of nitrogens with one attached hydrogen (secondary N) is 1. The Hall–Kier alpha value is -4.01. The lowest BCUT2D eigenvalue weighted by Crippen LogP contribution is -2.56. The summed E-state index contributed by atoms with van der Waals surface area (Å²) in [5, 5.41) is 2.50. The van der Waals surface area contributed by atoms with E-state index >= 15 is 0 Å². The van der Waals surface area contributed by atoms with Crippen molar-refractivity contribution in [2.24, 2.45) is 5.92 Å². The zero-order valence-corrected chi connectivity index (χ0v) is 22.4. The second kappa shape index (κ2) is 11.6. The number of piperidine rings is 1. The number of benzene rings is 3. The fraction of sp³-hybridized carbons (Fsp3) is 0.344. The van der Waals surface area contributed by atoms with Crippen LogP contribution in [0, 0.1) is 5.92 Å². The first-order chi connectivity index (χ1) is 19.5. The molecule has 8 nitrogen and oxygen atoms in total. The van der Waals surface area contributed by atoms with Crippen molar-refractivity contribution in [2.75, 3.05) is 26.3 Å². The third-order valence-electron chi connectivity index (χ3n) is 8.01. The summed E-state index contributed by atoms with van der Waals surface area (Å²) in [5.41, 5.74) is 4.64. The van der Waals surface area contributed by atoms with Gasteiger partial charge in [0.05, 0.1) is 19.8 Å². The maximum absolute atomic E-state index is 13.4. The summed E-state index contributed by atoms with van der Waals surface area (Å²) in [4.78, 5) is 42.8. The first-order valence-electron chi connectivity index (χ1n) is 13.9. The highest BCUT2D eigenvalue weighted by atomic mass is 16.5. The lowest BCUT2D eigenvalue weighted by molar-refractivity contribution is -0.140. The number of hydrogen-bond donors (Lipinski definition) is 1. The van der Waals surface area contributed by atoms with Gasteiger partial charge in [-0.2, -0.15) is 0 Å². The maximum Gasteiger partial charge on any atom is 0.255 e. The van der Waals surface area contributed by atoms with Crippen molar-refractivity contribution in [3.63, 3.8) is 0 Å². The molecule has 206 valence electrons. The van der Waals surface area contributed by atoms with E-state index in [4.69, 9.17) is 9.47 Å². The van der Waals surface area contributed by atoms with E-state index in [9.17, 15) is 14.4 Å². The Morgan fingerprint density at radius 3 is 2.35 bits per heavy atom. The van der Waals surface area contributed by atoms with Crippen LogP contribution >= 0.6 is 0 Å². The summed E-state index contributed by atoms with van der Waals surface area (Å²) in [6.45, 7) is 5.02. The van der Waals surface area contributed by atoms with Gasteiger partial charge >= 0.3 is 0 Å². The minimum absolute atomic E-state index is 0.208. The molecule has 0 radical (unpaired) electrons. The third-order valence-corrected chi connectivity index (χ3v) is 8.01. The Morgan fingerprint density at radius 1 is 0.825 bits per heavy atom. The number of nitrogens with zero attached hydrogens (tertiary/aromatic N) is 2. The van der Waals surface area contributed by atoms with Gasteiger partial charge in [0.2, 0.25) is 11.8 Å². The highest BCUT2D eigenvalue weighted by Crippen LogP contribution is 2.35. The Labute approximate surface area is 233 Å². The van der Waals surface area contributed by atoms with Crippen LogP contribution in [0.5, 0.6) is 5.75 Å². The summed E-state index contributed by atoms with van der Waals surface area (Å²) < 4.78 is 11.6. The number of carbonyl (C=O) groups excluding carboxylic acids is 3. The number of imide groups is 1. The Balaban J connectivity index is 1.11. The van der Waals surface area contributed by atoms with Crippen LogP contribution in [0.1, 0.15) is 39.0 Å². The summed E-state index contributed by atoms with van der Waals surface area (Å²) in [6, 6.07) is 22.9. The second-order valence-electron chi connectivity index (χ2n) is 10.7. The number of hydrogen-bond acceptors (Lipinski definition) is 6. The van der Waals surface area contributed by atoms with Crippen LogP contribution in [-0.4, -0.2) is 59.9 Å². The van der Waals surface area contributed by atoms with Crippen molar-refractivity contribution >= 4 is 17.7 Å². The average Bonchev–Trinajstić information content (AvgIpc) is 3.32. The van der Waals surface area contributed by atoms with E-state index in [0.717, 1.165) is 49.5 Å². The molecule has 0 saturated carbocycles. The minimum atomic E-state index is -0.710. The van der Waals surface area contributed by atoms with Crippen LogP contribution < -0.4 is 10.1 Å². The molecule has 3 aromatic carbocycles. The Morgan fingerprint density at radius 2 is 1.57 bits per heavy atom. The van der Waals surface area contributed by atoms with E-state index in [2.05, 4.69) is 34.5 Å². The summed E-state index contributed by atoms with van der Waals surface area (Å²) in [7, 11) is 0. The number of amides is 3. The molecule has 3 aliphatic heterocycles. The van der Waals surface area contributed by atoms with Crippen molar-refractivity contribution in [3.8, 4) is 5.75 Å². The standard InChI is InChI=1S/C32H33N3O5/c36-30-25(17-22-5-2-1-3-6-22)18-28(31(37)33-30)35-20-27-26(32(35)38)7-4-8-29(27)40-21-24-11-9-23(10-12-24)19-34-13-15-39-16-14-34/h1-12,25,28H,13-21H2,(H,33,36,37). The molecule has 3 aliphatic rings. The van der Waals surface area contributed by atoms with Crippen molar-refractivity contribution in [1.29, 1.82) is 0 Å². The van der Waals surface area contributed by atoms with E-state index < -0.39 is 11.9 Å². The van der Waals surface area contributed by atoms with Gasteiger partial charge in [-0.1, -0.05) is 60.7 Å². The molecule has 40 heavy (non-hydrogen) atoms. The Bertz CT molecular complexity index is 1390. The number of ether oxygens (including phenoxy) is 2. The molecular formula is C32H33N3O5. The molecule has 1 N–H and O–H groups in total. The smallest absolute Gasteiger partial charge is 0.255 e. The van der Waals surface area contributed by atoms with Crippen LogP contribution in [-0.2, 0) is 40.4 Å². The van der Waals surface area contributed by atoms with Gasteiger partial charge in [0.15, 0.2) is 0 Å². The topological polar surface area (TPSA) is 88.2 Å². The van der Waals surface area contributed by atoms with Gasteiger partial charge in [0, 0.05) is 36.7 Å². The SMILES string of the molecule is O=C1NC(=O)C(N2Cc3c(OCc4ccc(CN5CCOCC5)cc4)cccc3C2=O)CC1Cc1ccccc1. The third kappa shape index (κ3) is 5.64. The van der Waals surface area contributed by atoms with E-state index in [-0.39, 0.29) is 24.3 Å². The zero-order chi connectivity index (χ0) is 27.5. The maximum atomic E-state index is 13.4. The van der Waals surface area contributed by atoms with E-state index in [1.165, 1.54) is 5.56 Å². The minimum Gasteiger partial charge on any atom is -0.489 e. The molecule has 0 spiro atoms. The molecule has 3 heterocycles. The van der Waals surface area contributed by atoms with Crippen molar-refractivity contribution in [2.45, 2.75) is 38.6 Å². The molecule has 2 saturated heterocycles. The lowest BCUT2D eigenvalue weighted by atomic mass is 9.88. The number of rotatable bonds is 8. The van der Waals surface area contributed by atoms with Crippen LogP contribution in [0.3, 0.4) is 0 Å². The quantitative estimate of drug-likeness (QED) is 0.442. The highest BCUT2D eigenvalue weighted by Gasteiger charge is 2.43. The second-order valence-corrected chi connectivity index (χ2v) is 10.7. The molecule has 3 aromatic rings. The van der Waals surface area contributed by atoms with Gasteiger partial charge < -0.3 is 14.4 Å². The van der Waals surface area contributed by atoms with Crippen LogP contribution in [0.2, 0.25) is 0 Å². The molecule has 8 heteroatoms. The van der Waals surface area contributed by atoms with Gasteiger partial charge in [-0.3, -0.25) is 24.6 Å². The van der Waals surface area contributed by atoms with Gasteiger partial charge in [-0.05, 0) is 41.7 Å². The van der Waals surface area contributed by atoms with Gasteiger partial charge in [0.25, 0.3) is 5.91 Å². The summed E-state index contributed by atoms with van der Waals surface area (Å²) in [6.07, 6.45) is 0.817. The fourth-order valence-electron chi connectivity index (χ4n) is 5.77. The van der Waals surface area contributed by atoms with Crippen molar-refractivity contribution in [3.05, 3.63) is 101 Å². The van der Waals surface area contributed by atoms with Gasteiger partial charge in [-0.15, -0.1) is 0 Å². The molecule has 6 rings (SSSR count). The molecule has 0 aromatic heterocycles. The van der Waals surface area contributed by atoms with E-state index in [1.807, 2.05) is 42.5 Å². The average molecular weight is 540 g/mol. The monoisotopic (exact) mass is 539 g/mol. The van der Waals surface area contributed by atoms with Crippen molar-refractivity contribution in [1.82, 2.24) is 15.1 Å². The Kier molecular flexibility index (Phi) is 7.62. The summed E-state index contributed by atoms with van der Waals surface area (Å²) >= 11 is 0. The molecule has 0 aliphatic carbocycles. The molecule has 3 amide bonds. The van der Waals surface area contributed by atoms with Crippen molar-refractivity contribution < 1.29 is 23.9 Å². The number of fused-ring (bicyclic) bond motifs is 1. The first-order valence-corrected chi connectivity index (χ1v) is 13.9. The number of morpholine rings is 1. The molecule has 2 atom stereocenters. The van der Waals surface area contributed by atoms with E-state index in [0.29, 0.717) is 30.8 Å². The predicted octanol–water partition coefficient (Wildman–Crippen LogP) is 3.33. The zero-order valence-electron chi connectivity index (χ0n) is 22.4. The summed E-state index contributed by atoms with van der Waals surface area (Å²) in [5.74, 6) is -0.660. The van der Waals surface area contributed by atoms with Crippen LogP contribution in [0.25, 0.3) is 0 Å². The molecular weight excluding hydrogens is 506 g/mol. The van der Waals surface area contributed by atoms with E-state index in [1.54, 1.807) is 11.0 Å². The van der Waals surface area contributed by atoms with Gasteiger partial charge in [-0.25, -0.2) is 0 Å².